The van der Waals surface area contributed by atoms with Gasteiger partial charge in [0.25, 0.3) is 0 Å². The van der Waals surface area contributed by atoms with Crippen LogP contribution in [0.5, 0.6) is 0 Å². The number of rotatable bonds is 3. The quantitative estimate of drug-likeness (QED) is 0.609. The van der Waals surface area contributed by atoms with Crippen LogP contribution >= 0.6 is 0 Å². The molecule has 0 fully saturated rings. The average molecular weight is 181 g/mol. The van der Waals surface area contributed by atoms with Crippen LogP contribution in [0.25, 0.3) is 0 Å². The first-order valence-electron chi connectivity index (χ1n) is 3.82. The highest BCUT2D eigenvalue weighted by Gasteiger charge is 2.36. The van der Waals surface area contributed by atoms with Gasteiger partial charge < -0.3 is 15.9 Å². The van der Waals surface area contributed by atoms with E-state index >= 15 is 0 Å². The van der Waals surface area contributed by atoms with Gasteiger partial charge >= 0.3 is 5.97 Å². The lowest BCUT2D eigenvalue weighted by Crippen LogP contribution is -2.42. The molecule has 0 radical (unpaired) electrons. The molecule has 0 saturated carbocycles. The molecule has 0 heterocycles. The maximum Gasteiger partial charge on any atom is 0.341 e. The Labute approximate surface area is 75.6 Å². The minimum Gasteiger partial charge on any atom is -0.479 e. The Morgan fingerprint density at radius 1 is 1.38 bits per heavy atom. The molecular weight excluding hydrogens is 170 g/mol. The van der Waals surface area contributed by atoms with Crippen LogP contribution in [0.4, 0.5) is 0 Å². The Bertz CT molecular complexity index is 299. The number of hydrogen-bond acceptors (Lipinski definition) is 3. The van der Waals surface area contributed by atoms with Crippen LogP contribution in [0, 0.1) is 0 Å². The second-order valence-electron chi connectivity index (χ2n) is 2.74. The zero-order chi connectivity index (χ0) is 9.90. The first kappa shape index (κ1) is 9.70. The molecule has 4 N–H and O–H groups in total. The molecule has 70 valence electrons. The zero-order valence-corrected chi connectivity index (χ0v) is 6.97. The fourth-order valence-corrected chi connectivity index (χ4v) is 1.04. The van der Waals surface area contributed by atoms with Gasteiger partial charge in [0.2, 0.25) is 0 Å². The third kappa shape index (κ3) is 1.68. The van der Waals surface area contributed by atoms with Crippen molar-refractivity contribution >= 4 is 5.97 Å². The summed E-state index contributed by atoms with van der Waals surface area (Å²) >= 11 is 0. The van der Waals surface area contributed by atoms with Crippen molar-refractivity contribution in [2.45, 2.75) is 5.60 Å². The zero-order valence-electron chi connectivity index (χ0n) is 6.97. The van der Waals surface area contributed by atoms with Gasteiger partial charge in [0.05, 0.1) is 0 Å². The average Bonchev–Trinajstić information content (AvgIpc) is 2.17. The minimum absolute atomic E-state index is 0.296. The fourth-order valence-electron chi connectivity index (χ4n) is 1.04. The second kappa shape index (κ2) is 3.55. The highest BCUT2D eigenvalue weighted by Crippen LogP contribution is 2.19. The van der Waals surface area contributed by atoms with Crippen molar-refractivity contribution in [1.29, 1.82) is 0 Å². The molecule has 4 nitrogen and oxygen atoms in total. The van der Waals surface area contributed by atoms with E-state index in [0.717, 1.165) is 0 Å². The molecular formula is C9H11NO3. The van der Waals surface area contributed by atoms with Crippen molar-refractivity contribution < 1.29 is 15.0 Å². The lowest BCUT2D eigenvalue weighted by molar-refractivity contribution is -0.158. The number of aliphatic hydroxyl groups is 1. The number of carboxylic acids is 1. The Morgan fingerprint density at radius 3 is 2.31 bits per heavy atom. The van der Waals surface area contributed by atoms with E-state index in [4.69, 9.17) is 10.8 Å². The Hall–Kier alpha value is -1.39. The summed E-state index contributed by atoms with van der Waals surface area (Å²) in [7, 11) is 0. The van der Waals surface area contributed by atoms with Crippen LogP contribution in [0.3, 0.4) is 0 Å². The Balaban J connectivity index is 3.11. The van der Waals surface area contributed by atoms with E-state index in [1.807, 2.05) is 0 Å². The summed E-state index contributed by atoms with van der Waals surface area (Å²) in [6.45, 7) is -0.341. The van der Waals surface area contributed by atoms with Crippen LogP contribution < -0.4 is 5.73 Å². The summed E-state index contributed by atoms with van der Waals surface area (Å²) in [6, 6.07) is 8.10. The predicted molar refractivity (Wildman–Crippen MR) is 47.0 cm³/mol. The molecule has 1 aromatic carbocycles. The molecule has 0 saturated heterocycles. The molecule has 1 rings (SSSR count). The van der Waals surface area contributed by atoms with E-state index in [-0.39, 0.29) is 6.54 Å². The molecule has 13 heavy (non-hydrogen) atoms. The summed E-state index contributed by atoms with van der Waals surface area (Å²) in [5.74, 6) is -1.33. The number of aliphatic carboxylic acids is 1. The third-order valence-electron chi connectivity index (χ3n) is 1.90. The lowest BCUT2D eigenvalue weighted by atomic mass is 9.94. The number of hydrogen-bond donors (Lipinski definition) is 3. The molecule has 0 bridgehead atoms. The van der Waals surface area contributed by atoms with E-state index in [0.29, 0.717) is 5.56 Å². The lowest BCUT2D eigenvalue weighted by Gasteiger charge is -2.21. The highest BCUT2D eigenvalue weighted by atomic mass is 16.4. The summed E-state index contributed by atoms with van der Waals surface area (Å²) in [5, 5.41) is 18.4. The van der Waals surface area contributed by atoms with Crippen LogP contribution in [-0.2, 0) is 10.4 Å². The van der Waals surface area contributed by atoms with Crippen molar-refractivity contribution in [2.75, 3.05) is 6.54 Å². The van der Waals surface area contributed by atoms with Gasteiger partial charge in [-0.05, 0) is 5.56 Å². The molecule has 0 spiro atoms. The van der Waals surface area contributed by atoms with Crippen LogP contribution in [-0.4, -0.2) is 22.7 Å². The highest BCUT2D eigenvalue weighted by molar-refractivity contribution is 5.79. The predicted octanol–water partition coefficient (Wildman–Crippen LogP) is -0.0825. The molecule has 0 aliphatic heterocycles. The molecule has 0 aliphatic rings. The second-order valence-corrected chi connectivity index (χ2v) is 2.74. The van der Waals surface area contributed by atoms with Gasteiger partial charge in [-0.3, -0.25) is 0 Å². The summed E-state index contributed by atoms with van der Waals surface area (Å²) in [6.07, 6.45) is 0. The van der Waals surface area contributed by atoms with Gasteiger partial charge in [-0.1, -0.05) is 30.3 Å². The summed E-state index contributed by atoms with van der Waals surface area (Å²) < 4.78 is 0. The Morgan fingerprint density at radius 2 is 1.92 bits per heavy atom. The molecule has 0 amide bonds. The van der Waals surface area contributed by atoms with E-state index in [1.54, 1.807) is 18.2 Å². The van der Waals surface area contributed by atoms with Crippen LogP contribution in [0.2, 0.25) is 0 Å². The smallest absolute Gasteiger partial charge is 0.341 e. The van der Waals surface area contributed by atoms with Crippen molar-refractivity contribution in [2.24, 2.45) is 5.73 Å². The van der Waals surface area contributed by atoms with E-state index < -0.39 is 11.6 Å². The fraction of sp³-hybridized carbons (Fsp3) is 0.222. The third-order valence-corrected chi connectivity index (χ3v) is 1.90. The molecule has 0 aliphatic carbocycles. The number of carbonyl (C=O) groups is 1. The summed E-state index contributed by atoms with van der Waals surface area (Å²) in [5.41, 5.74) is 3.53. The first-order valence-corrected chi connectivity index (χ1v) is 3.82. The van der Waals surface area contributed by atoms with Crippen LogP contribution in [0.15, 0.2) is 30.3 Å². The van der Waals surface area contributed by atoms with Gasteiger partial charge in [0, 0.05) is 6.54 Å². The van der Waals surface area contributed by atoms with E-state index in [9.17, 15) is 9.90 Å². The van der Waals surface area contributed by atoms with Gasteiger partial charge in [-0.2, -0.15) is 0 Å². The Kier molecular flexibility index (Phi) is 2.65. The summed E-state index contributed by atoms with van der Waals surface area (Å²) in [4.78, 5) is 10.7. The van der Waals surface area contributed by atoms with Gasteiger partial charge in [0.1, 0.15) is 0 Å². The largest absolute Gasteiger partial charge is 0.479 e. The van der Waals surface area contributed by atoms with Crippen molar-refractivity contribution in [1.82, 2.24) is 0 Å². The van der Waals surface area contributed by atoms with E-state index in [1.165, 1.54) is 12.1 Å². The normalized spacial score (nSPS) is 14.9. The molecule has 0 unspecified atom stereocenters. The van der Waals surface area contributed by atoms with Crippen molar-refractivity contribution in [3.05, 3.63) is 35.9 Å². The van der Waals surface area contributed by atoms with Crippen LogP contribution in [0.1, 0.15) is 5.56 Å². The van der Waals surface area contributed by atoms with Gasteiger partial charge in [-0.15, -0.1) is 0 Å². The maximum absolute atomic E-state index is 10.7. The van der Waals surface area contributed by atoms with Gasteiger partial charge in [0.15, 0.2) is 5.60 Å². The minimum atomic E-state index is -1.97. The first-order chi connectivity index (χ1) is 6.11. The molecule has 1 aromatic rings. The standard InChI is InChI=1S/C9H11NO3/c10-6-9(13,8(11)12)7-4-2-1-3-5-7/h1-5,13H,6,10H2,(H,11,12)/t9-/m0/s1. The number of carboxylic acid groups (broad SMARTS) is 1. The number of nitrogens with two attached hydrogens (primary N) is 1. The monoisotopic (exact) mass is 181 g/mol. The SMILES string of the molecule is NC[C@@](O)(C(=O)O)c1ccccc1. The molecule has 1 atom stereocenters. The number of benzene rings is 1. The molecule has 4 heteroatoms. The maximum atomic E-state index is 10.7. The van der Waals surface area contributed by atoms with Crippen molar-refractivity contribution in [3.63, 3.8) is 0 Å². The topological polar surface area (TPSA) is 83.5 Å². The van der Waals surface area contributed by atoms with E-state index in [2.05, 4.69) is 0 Å². The van der Waals surface area contributed by atoms with Gasteiger partial charge in [-0.25, -0.2) is 4.79 Å². The van der Waals surface area contributed by atoms with Crippen molar-refractivity contribution in [3.8, 4) is 0 Å². The molecule has 0 aromatic heterocycles.